The maximum Gasteiger partial charge on any atom is 0.253 e. The topological polar surface area (TPSA) is 48.0 Å². The number of methoxy groups -OCH3 is 1. The lowest BCUT2D eigenvalue weighted by atomic mass is 9.83. The van der Waals surface area contributed by atoms with Crippen molar-refractivity contribution in [2.75, 3.05) is 20.2 Å². The molecule has 2 aromatic rings. The Morgan fingerprint density at radius 2 is 1.83 bits per heavy atom. The highest BCUT2D eigenvalue weighted by atomic mass is 16.5. The second-order valence-electron chi connectivity index (χ2n) is 8.62. The number of benzene rings is 2. The third-order valence-corrected chi connectivity index (χ3v) is 6.88. The summed E-state index contributed by atoms with van der Waals surface area (Å²) < 4.78 is 17.9. The fourth-order valence-electron chi connectivity index (χ4n) is 5.14. The molecule has 5 rings (SSSR count). The Morgan fingerprint density at radius 1 is 1.07 bits per heavy atom. The molecule has 1 aliphatic carbocycles. The number of carbonyl (C=O) groups excluding carboxylic acids is 1. The SMILES string of the molecule is COc1ccc(C(=O)N2CCC3(CC2)OCc2ccccc23)cc1OC1CCCC1. The van der Waals surface area contributed by atoms with Crippen molar-refractivity contribution in [3.63, 3.8) is 0 Å². The van der Waals surface area contributed by atoms with Crippen LogP contribution < -0.4 is 9.47 Å². The summed E-state index contributed by atoms with van der Waals surface area (Å²) in [6, 6.07) is 14.0. The summed E-state index contributed by atoms with van der Waals surface area (Å²) in [5.74, 6) is 1.42. The number of nitrogens with zero attached hydrogens (tertiary/aromatic N) is 1. The van der Waals surface area contributed by atoms with Crippen LogP contribution in [0.4, 0.5) is 0 Å². The Morgan fingerprint density at radius 3 is 2.60 bits per heavy atom. The van der Waals surface area contributed by atoms with E-state index in [0.717, 1.165) is 25.7 Å². The van der Waals surface area contributed by atoms with Gasteiger partial charge in [0.15, 0.2) is 11.5 Å². The van der Waals surface area contributed by atoms with Crippen LogP contribution in [0.3, 0.4) is 0 Å². The fraction of sp³-hybridized carbons (Fsp3) is 0.480. The van der Waals surface area contributed by atoms with Gasteiger partial charge in [-0.2, -0.15) is 0 Å². The molecule has 0 radical (unpaired) electrons. The summed E-state index contributed by atoms with van der Waals surface area (Å²) >= 11 is 0. The van der Waals surface area contributed by atoms with Crippen LogP contribution in [0.15, 0.2) is 42.5 Å². The molecule has 0 unspecified atom stereocenters. The summed E-state index contributed by atoms with van der Waals surface area (Å²) in [6.07, 6.45) is 6.42. The van der Waals surface area contributed by atoms with E-state index >= 15 is 0 Å². The predicted molar refractivity (Wildman–Crippen MR) is 114 cm³/mol. The highest BCUT2D eigenvalue weighted by molar-refractivity contribution is 5.95. The van der Waals surface area contributed by atoms with Crippen LogP contribution in [0.5, 0.6) is 11.5 Å². The Bertz CT molecular complexity index is 926. The third-order valence-electron chi connectivity index (χ3n) is 6.88. The molecule has 0 aromatic heterocycles. The van der Waals surface area contributed by atoms with Crippen LogP contribution in [0.2, 0.25) is 0 Å². The van der Waals surface area contributed by atoms with Crippen molar-refractivity contribution in [2.45, 2.75) is 56.8 Å². The van der Waals surface area contributed by atoms with Crippen LogP contribution in [-0.4, -0.2) is 37.1 Å². The molecule has 3 aliphatic rings. The van der Waals surface area contributed by atoms with Crippen LogP contribution >= 0.6 is 0 Å². The molecule has 0 N–H and O–H groups in total. The predicted octanol–water partition coefficient (Wildman–Crippen LogP) is 4.68. The molecule has 2 aliphatic heterocycles. The highest BCUT2D eigenvalue weighted by Crippen LogP contribution is 2.44. The summed E-state index contributed by atoms with van der Waals surface area (Å²) in [7, 11) is 1.64. The molecule has 0 atom stereocenters. The smallest absolute Gasteiger partial charge is 0.253 e. The van der Waals surface area contributed by atoms with E-state index in [1.165, 1.54) is 24.0 Å². The molecule has 1 amide bonds. The van der Waals surface area contributed by atoms with Gasteiger partial charge < -0.3 is 19.1 Å². The molecule has 5 heteroatoms. The zero-order chi connectivity index (χ0) is 20.6. The minimum atomic E-state index is -0.232. The van der Waals surface area contributed by atoms with Crippen molar-refractivity contribution in [1.29, 1.82) is 0 Å². The maximum absolute atomic E-state index is 13.2. The maximum atomic E-state index is 13.2. The number of hydrogen-bond acceptors (Lipinski definition) is 4. The van der Waals surface area contributed by atoms with Gasteiger partial charge in [0.05, 0.1) is 25.4 Å². The van der Waals surface area contributed by atoms with Crippen molar-refractivity contribution >= 4 is 5.91 Å². The first-order valence-electron chi connectivity index (χ1n) is 11.0. The zero-order valence-electron chi connectivity index (χ0n) is 17.6. The summed E-state index contributed by atoms with van der Waals surface area (Å²) in [5, 5.41) is 0. The van der Waals surface area contributed by atoms with Crippen molar-refractivity contribution in [2.24, 2.45) is 0 Å². The number of fused-ring (bicyclic) bond motifs is 2. The van der Waals surface area contributed by atoms with E-state index < -0.39 is 0 Å². The third kappa shape index (κ3) is 3.45. The molecule has 1 spiro atoms. The van der Waals surface area contributed by atoms with Crippen LogP contribution in [-0.2, 0) is 16.9 Å². The lowest BCUT2D eigenvalue weighted by Crippen LogP contribution is -2.45. The summed E-state index contributed by atoms with van der Waals surface area (Å²) in [6.45, 7) is 2.06. The van der Waals surface area contributed by atoms with Crippen molar-refractivity contribution in [1.82, 2.24) is 4.90 Å². The lowest BCUT2D eigenvalue weighted by molar-refractivity contribution is -0.0741. The Hall–Kier alpha value is -2.53. The van der Waals surface area contributed by atoms with Gasteiger partial charge in [0.25, 0.3) is 5.91 Å². The van der Waals surface area contributed by atoms with E-state index in [2.05, 4.69) is 24.3 Å². The molecule has 2 heterocycles. The molecule has 2 aromatic carbocycles. The Balaban J connectivity index is 1.30. The zero-order valence-corrected chi connectivity index (χ0v) is 17.6. The van der Waals surface area contributed by atoms with Gasteiger partial charge in [0.2, 0.25) is 0 Å². The van der Waals surface area contributed by atoms with Crippen LogP contribution in [0, 0.1) is 0 Å². The number of hydrogen-bond donors (Lipinski definition) is 0. The number of ether oxygens (including phenoxy) is 3. The number of amides is 1. The number of likely N-dealkylation sites (tertiary alicyclic amines) is 1. The second-order valence-corrected chi connectivity index (χ2v) is 8.62. The van der Waals surface area contributed by atoms with E-state index in [-0.39, 0.29) is 17.6 Å². The van der Waals surface area contributed by atoms with Gasteiger partial charge in [0.1, 0.15) is 0 Å². The Kier molecular flexibility index (Phi) is 5.15. The minimum Gasteiger partial charge on any atom is -0.493 e. The quantitative estimate of drug-likeness (QED) is 0.738. The highest BCUT2D eigenvalue weighted by Gasteiger charge is 2.43. The molecule has 30 heavy (non-hydrogen) atoms. The summed E-state index contributed by atoms with van der Waals surface area (Å²) in [5.41, 5.74) is 3.01. The standard InChI is InChI=1S/C25H29NO4/c1-28-22-11-10-18(16-23(22)30-20-7-3-4-8-20)24(27)26-14-12-25(13-15-26)21-9-5-2-6-19(21)17-29-25/h2,5-6,9-11,16,20H,3-4,7-8,12-15,17H2,1H3. The van der Waals surface area contributed by atoms with E-state index in [1.54, 1.807) is 7.11 Å². The molecule has 1 saturated carbocycles. The van der Waals surface area contributed by atoms with E-state index in [9.17, 15) is 4.79 Å². The van der Waals surface area contributed by atoms with Crippen LogP contribution in [0.1, 0.15) is 60.0 Å². The van der Waals surface area contributed by atoms with Crippen molar-refractivity contribution in [3.8, 4) is 11.5 Å². The van der Waals surface area contributed by atoms with Crippen molar-refractivity contribution < 1.29 is 19.0 Å². The van der Waals surface area contributed by atoms with Gasteiger partial charge in [-0.1, -0.05) is 24.3 Å². The molecule has 5 nitrogen and oxygen atoms in total. The van der Waals surface area contributed by atoms with E-state index in [0.29, 0.717) is 36.8 Å². The number of carbonyl (C=O) groups is 1. The first-order valence-corrected chi connectivity index (χ1v) is 11.0. The molecule has 2 fully saturated rings. The normalized spacial score (nSPS) is 20.4. The largest absolute Gasteiger partial charge is 0.493 e. The Labute approximate surface area is 177 Å². The number of piperidine rings is 1. The van der Waals surface area contributed by atoms with Crippen molar-refractivity contribution in [3.05, 3.63) is 59.2 Å². The van der Waals surface area contributed by atoms with E-state index in [1.807, 2.05) is 23.1 Å². The average molecular weight is 408 g/mol. The second kappa shape index (κ2) is 7.95. The molecule has 158 valence electrons. The first-order chi connectivity index (χ1) is 14.7. The lowest BCUT2D eigenvalue weighted by Gasteiger charge is -2.39. The molecule has 0 bridgehead atoms. The van der Waals surface area contributed by atoms with Gasteiger partial charge in [0, 0.05) is 18.7 Å². The minimum absolute atomic E-state index is 0.0510. The van der Waals surface area contributed by atoms with Gasteiger partial charge in [-0.25, -0.2) is 0 Å². The first kappa shape index (κ1) is 19.4. The van der Waals surface area contributed by atoms with Gasteiger partial charge in [-0.05, 0) is 67.9 Å². The average Bonchev–Trinajstić information content (AvgIpc) is 3.43. The monoisotopic (exact) mass is 407 g/mol. The summed E-state index contributed by atoms with van der Waals surface area (Å²) in [4.78, 5) is 15.2. The van der Waals surface area contributed by atoms with Crippen LogP contribution in [0.25, 0.3) is 0 Å². The van der Waals surface area contributed by atoms with Gasteiger partial charge in [-0.3, -0.25) is 4.79 Å². The van der Waals surface area contributed by atoms with E-state index in [4.69, 9.17) is 14.2 Å². The molecular weight excluding hydrogens is 378 g/mol. The molecule has 1 saturated heterocycles. The molecular formula is C25H29NO4. The van der Waals surface area contributed by atoms with Gasteiger partial charge in [-0.15, -0.1) is 0 Å². The fourth-order valence-corrected chi connectivity index (χ4v) is 5.14. The van der Waals surface area contributed by atoms with Gasteiger partial charge >= 0.3 is 0 Å². The number of rotatable bonds is 4.